The Kier molecular flexibility index (Phi) is 2.89. The summed E-state index contributed by atoms with van der Waals surface area (Å²) >= 11 is 3.51. The third-order valence-electron chi connectivity index (χ3n) is 2.86. The molecule has 4 heteroatoms. The van der Waals surface area contributed by atoms with Gasteiger partial charge in [-0.1, -0.05) is 15.9 Å². The number of likely N-dealkylation sites (tertiary alicyclic amines) is 1. The molecule has 0 radical (unpaired) electrons. The number of rotatable bonds is 1. The van der Waals surface area contributed by atoms with Crippen LogP contribution in [-0.4, -0.2) is 41.3 Å². The molecule has 1 atom stereocenters. The van der Waals surface area contributed by atoms with Crippen LogP contribution < -0.4 is 5.32 Å². The van der Waals surface area contributed by atoms with Crippen molar-refractivity contribution in [2.24, 2.45) is 0 Å². The van der Waals surface area contributed by atoms with Crippen molar-refractivity contribution in [1.82, 2.24) is 10.2 Å². The van der Waals surface area contributed by atoms with E-state index in [0.717, 1.165) is 32.5 Å². The number of hydrogen-bond acceptors (Lipinski definition) is 2. The Morgan fingerprint density at radius 3 is 2.62 bits per heavy atom. The number of piperidine rings is 1. The normalized spacial score (nSPS) is 31.3. The second-order valence-corrected chi connectivity index (χ2v) is 5.12. The predicted molar refractivity (Wildman–Crippen MR) is 54.9 cm³/mol. The van der Waals surface area contributed by atoms with Gasteiger partial charge in [0.15, 0.2) is 0 Å². The molecule has 1 amide bonds. The van der Waals surface area contributed by atoms with Crippen molar-refractivity contribution < 1.29 is 4.79 Å². The molecule has 0 bridgehead atoms. The molecule has 2 saturated heterocycles. The lowest BCUT2D eigenvalue weighted by Gasteiger charge is -2.31. The van der Waals surface area contributed by atoms with Crippen LogP contribution in [0.2, 0.25) is 0 Å². The van der Waals surface area contributed by atoms with Gasteiger partial charge in [-0.05, 0) is 25.9 Å². The summed E-state index contributed by atoms with van der Waals surface area (Å²) in [5.41, 5.74) is 0. The monoisotopic (exact) mass is 246 g/mol. The van der Waals surface area contributed by atoms with Crippen molar-refractivity contribution in [2.45, 2.75) is 30.1 Å². The van der Waals surface area contributed by atoms with E-state index < -0.39 is 0 Å². The first kappa shape index (κ1) is 9.46. The molecule has 2 heterocycles. The summed E-state index contributed by atoms with van der Waals surface area (Å²) in [5, 5.41) is 3.31. The topological polar surface area (TPSA) is 32.3 Å². The Labute approximate surface area is 87.0 Å². The fourth-order valence-corrected chi connectivity index (χ4v) is 2.75. The highest BCUT2D eigenvalue weighted by atomic mass is 79.9. The summed E-state index contributed by atoms with van der Waals surface area (Å²) in [6, 6.07) is 0.497. The maximum absolute atomic E-state index is 11.6. The Morgan fingerprint density at radius 2 is 2.08 bits per heavy atom. The number of amides is 1. The van der Waals surface area contributed by atoms with Crippen LogP contribution >= 0.6 is 15.9 Å². The minimum Gasteiger partial charge on any atom is -0.338 e. The lowest BCUT2D eigenvalue weighted by atomic mass is 10.1. The summed E-state index contributed by atoms with van der Waals surface area (Å²) < 4.78 is 0. The van der Waals surface area contributed by atoms with Crippen molar-refractivity contribution in [3.63, 3.8) is 0 Å². The average molecular weight is 247 g/mol. The summed E-state index contributed by atoms with van der Waals surface area (Å²) in [5.74, 6) is 0.328. The standard InChI is InChI=1S/C9H15BrN2O/c10-7-5-9(13)12(6-7)8-1-3-11-4-2-8/h7-8,11H,1-6H2. The number of halogens is 1. The van der Waals surface area contributed by atoms with Crippen LogP contribution in [0.1, 0.15) is 19.3 Å². The van der Waals surface area contributed by atoms with Gasteiger partial charge in [0.2, 0.25) is 5.91 Å². The highest BCUT2D eigenvalue weighted by molar-refractivity contribution is 9.09. The van der Waals surface area contributed by atoms with Crippen LogP contribution in [-0.2, 0) is 4.79 Å². The van der Waals surface area contributed by atoms with Crippen molar-refractivity contribution in [3.05, 3.63) is 0 Å². The van der Waals surface area contributed by atoms with Gasteiger partial charge in [0.1, 0.15) is 0 Å². The smallest absolute Gasteiger partial charge is 0.224 e. The van der Waals surface area contributed by atoms with Crippen LogP contribution in [0.4, 0.5) is 0 Å². The van der Waals surface area contributed by atoms with Gasteiger partial charge in [0.05, 0.1) is 0 Å². The predicted octanol–water partition coefficient (Wildman–Crippen LogP) is 0.734. The molecule has 2 fully saturated rings. The number of hydrogen-bond donors (Lipinski definition) is 1. The molecule has 2 aliphatic rings. The summed E-state index contributed by atoms with van der Waals surface area (Å²) in [7, 11) is 0. The van der Waals surface area contributed by atoms with E-state index >= 15 is 0 Å². The molecule has 1 N–H and O–H groups in total. The first-order chi connectivity index (χ1) is 6.27. The van der Waals surface area contributed by atoms with Crippen LogP contribution in [0.25, 0.3) is 0 Å². The number of carbonyl (C=O) groups excluding carboxylic acids is 1. The van der Waals surface area contributed by atoms with Crippen molar-refractivity contribution in [1.29, 1.82) is 0 Å². The molecule has 0 spiro atoms. The lowest BCUT2D eigenvalue weighted by Crippen LogP contribution is -2.43. The second-order valence-electron chi connectivity index (χ2n) is 3.83. The zero-order chi connectivity index (χ0) is 9.26. The van der Waals surface area contributed by atoms with E-state index in [1.54, 1.807) is 0 Å². The minimum atomic E-state index is 0.328. The number of carbonyl (C=O) groups is 1. The molecule has 2 aliphatic heterocycles. The molecule has 0 aromatic carbocycles. The fourth-order valence-electron chi connectivity index (χ4n) is 2.16. The summed E-state index contributed by atoms with van der Waals surface area (Å²) in [4.78, 5) is 14.0. The van der Waals surface area contributed by atoms with Gasteiger partial charge in [0.25, 0.3) is 0 Å². The fraction of sp³-hybridized carbons (Fsp3) is 0.889. The minimum absolute atomic E-state index is 0.328. The number of nitrogens with one attached hydrogen (secondary N) is 1. The first-order valence-electron chi connectivity index (χ1n) is 4.91. The third-order valence-corrected chi connectivity index (χ3v) is 3.47. The quantitative estimate of drug-likeness (QED) is 0.693. The molecule has 0 aromatic rings. The maximum Gasteiger partial charge on any atom is 0.224 e. The van der Waals surface area contributed by atoms with Crippen LogP contribution in [0, 0.1) is 0 Å². The largest absolute Gasteiger partial charge is 0.338 e. The van der Waals surface area contributed by atoms with Gasteiger partial charge in [-0.25, -0.2) is 0 Å². The number of nitrogens with zero attached hydrogens (tertiary/aromatic N) is 1. The molecule has 74 valence electrons. The zero-order valence-corrected chi connectivity index (χ0v) is 9.22. The van der Waals surface area contributed by atoms with Crippen LogP contribution in [0.3, 0.4) is 0 Å². The third kappa shape index (κ3) is 2.05. The van der Waals surface area contributed by atoms with Crippen LogP contribution in [0.15, 0.2) is 0 Å². The summed E-state index contributed by atoms with van der Waals surface area (Å²) in [6.45, 7) is 3.02. The summed E-state index contributed by atoms with van der Waals surface area (Å²) in [6.07, 6.45) is 2.92. The molecular weight excluding hydrogens is 232 g/mol. The number of alkyl halides is 1. The SMILES string of the molecule is O=C1CC(Br)CN1C1CCNCC1. The Balaban J connectivity index is 1.95. The second kappa shape index (κ2) is 3.96. The van der Waals surface area contributed by atoms with Gasteiger partial charge in [-0.15, -0.1) is 0 Å². The Bertz CT molecular complexity index is 204. The van der Waals surface area contributed by atoms with Gasteiger partial charge >= 0.3 is 0 Å². The first-order valence-corrected chi connectivity index (χ1v) is 5.83. The molecule has 1 unspecified atom stereocenters. The molecular formula is C9H15BrN2O. The van der Waals surface area contributed by atoms with Crippen LogP contribution in [0.5, 0.6) is 0 Å². The van der Waals surface area contributed by atoms with Crippen molar-refractivity contribution in [2.75, 3.05) is 19.6 Å². The van der Waals surface area contributed by atoms with Gasteiger partial charge < -0.3 is 10.2 Å². The van der Waals surface area contributed by atoms with E-state index in [2.05, 4.69) is 26.1 Å². The van der Waals surface area contributed by atoms with Crippen molar-refractivity contribution in [3.8, 4) is 0 Å². The van der Waals surface area contributed by atoms with E-state index in [1.807, 2.05) is 0 Å². The van der Waals surface area contributed by atoms with E-state index in [9.17, 15) is 4.79 Å². The van der Waals surface area contributed by atoms with Gasteiger partial charge in [-0.2, -0.15) is 0 Å². The Morgan fingerprint density at radius 1 is 1.38 bits per heavy atom. The zero-order valence-electron chi connectivity index (χ0n) is 7.63. The molecule has 0 saturated carbocycles. The molecule has 0 aromatic heterocycles. The highest BCUT2D eigenvalue weighted by Gasteiger charge is 2.33. The molecule has 3 nitrogen and oxygen atoms in total. The molecule has 2 rings (SSSR count). The van der Waals surface area contributed by atoms with Crippen molar-refractivity contribution >= 4 is 21.8 Å². The molecule has 13 heavy (non-hydrogen) atoms. The van der Waals surface area contributed by atoms with E-state index in [4.69, 9.17) is 0 Å². The van der Waals surface area contributed by atoms with E-state index in [1.165, 1.54) is 0 Å². The van der Waals surface area contributed by atoms with Gasteiger partial charge in [-0.3, -0.25) is 4.79 Å². The maximum atomic E-state index is 11.6. The molecule has 0 aliphatic carbocycles. The van der Waals surface area contributed by atoms with Gasteiger partial charge in [0, 0.05) is 23.8 Å². The highest BCUT2D eigenvalue weighted by Crippen LogP contribution is 2.23. The van der Waals surface area contributed by atoms with E-state index in [0.29, 0.717) is 23.2 Å². The van der Waals surface area contributed by atoms with E-state index in [-0.39, 0.29) is 0 Å². The lowest BCUT2D eigenvalue weighted by molar-refractivity contribution is -0.130. The Hall–Kier alpha value is -0.0900. The average Bonchev–Trinajstić information content (AvgIpc) is 2.47.